The maximum absolute atomic E-state index is 11.6. The summed E-state index contributed by atoms with van der Waals surface area (Å²) >= 11 is 0. The number of amides is 1. The summed E-state index contributed by atoms with van der Waals surface area (Å²) in [6, 6.07) is 10.0. The Balaban J connectivity index is 1.77. The van der Waals surface area contributed by atoms with Crippen LogP contribution in [0.4, 0.5) is 4.79 Å². The second-order valence-electron chi connectivity index (χ2n) is 5.53. The number of hydrogen-bond donors (Lipinski definition) is 1. The number of rotatable bonds is 5. The van der Waals surface area contributed by atoms with Gasteiger partial charge in [-0.3, -0.25) is 0 Å². The molecule has 1 aliphatic heterocycles. The minimum Gasteiger partial charge on any atom is -0.374 e. The van der Waals surface area contributed by atoms with Crippen LogP contribution in [0.25, 0.3) is 0 Å². The van der Waals surface area contributed by atoms with Gasteiger partial charge in [-0.15, -0.1) is 0 Å². The Bertz CT molecular complexity index is 480. The summed E-state index contributed by atoms with van der Waals surface area (Å²) in [5.41, 5.74) is 0.760. The highest BCUT2D eigenvalue weighted by Crippen LogP contribution is 2.15. The fourth-order valence-electron chi connectivity index (χ4n) is 1.81. The van der Waals surface area contributed by atoms with Crippen molar-refractivity contribution in [1.29, 1.82) is 0 Å². The zero-order valence-electron chi connectivity index (χ0n) is 11.7. The molecule has 0 bridgehead atoms. The second-order valence-corrected chi connectivity index (χ2v) is 5.53. The molecule has 0 aliphatic carbocycles. The van der Waals surface area contributed by atoms with E-state index < -0.39 is 23.7 Å². The minimum absolute atomic E-state index is 0.337. The first-order chi connectivity index (χ1) is 9.46. The van der Waals surface area contributed by atoms with Gasteiger partial charge in [0.15, 0.2) is 6.10 Å². The molecular weight excluding hydrogens is 258 g/mol. The van der Waals surface area contributed by atoms with Gasteiger partial charge in [-0.05, 0) is 32.3 Å². The monoisotopic (exact) mass is 277 g/mol. The topological polar surface area (TPSA) is 67.9 Å². The fraction of sp³-hybridized carbons (Fsp3) is 0.467. The zero-order chi connectivity index (χ0) is 14.6. The molecule has 1 amide bonds. The van der Waals surface area contributed by atoms with Crippen molar-refractivity contribution in [3.63, 3.8) is 0 Å². The van der Waals surface area contributed by atoms with Crippen molar-refractivity contribution in [2.24, 2.45) is 0 Å². The molecule has 2 rings (SSSR count). The van der Waals surface area contributed by atoms with Crippen LogP contribution >= 0.6 is 0 Å². The summed E-state index contributed by atoms with van der Waals surface area (Å²) in [6.45, 7) is 4.13. The number of esters is 1. The molecule has 1 fully saturated rings. The van der Waals surface area contributed by atoms with E-state index in [1.54, 1.807) is 0 Å². The van der Waals surface area contributed by atoms with Gasteiger partial charge >= 0.3 is 12.1 Å². The molecule has 1 saturated heterocycles. The maximum Gasteiger partial charge on any atom is 0.415 e. The van der Waals surface area contributed by atoms with Crippen molar-refractivity contribution < 1.29 is 19.1 Å². The number of epoxide rings is 1. The second kappa shape index (κ2) is 6.05. The Labute approximate surface area is 118 Å². The van der Waals surface area contributed by atoms with Crippen LogP contribution in [-0.2, 0) is 20.7 Å². The van der Waals surface area contributed by atoms with Crippen LogP contribution in [0.15, 0.2) is 30.3 Å². The zero-order valence-corrected chi connectivity index (χ0v) is 11.7. The standard InChI is InChI=1S/C15H19NO4/c1-15(2,9-8-11-6-4-3-5-7-11)16-14(18)20-13(17)12-10-19-12/h3-7,12H,8-10H2,1-2H3,(H,16,18). The lowest BCUT2D eigenvalue weighted by molar-refractivity contribution is -0.138. The van der Waals surface area contributed by atoms with Gasteiger partial charge in [-0.2, -0.15) is 0 Å². The van der Waals surface area contributed by atoms with Crippen molar-refractivity contribution in [2.45, 2.75) is 38.3 Å². The van der Waals surface area contributed by atoms with Crippen LogP contribution in [0.1, 0.15) is 25.8 Å². The highest BCUT2D eigenvalue weighted by Gasteiger charge is 2.35. The summed E-state index contributed by atoms with van der Waals surface area (Å²) in [5.74, 6) is -0.624. The quantitative estimate of drug-likeness (QED) is 0.508. The largest absolute Gasteiger partial charge is 0.415 e. The first kappa shape index (κ1) is 14.5. The van der Waals surface area contributed by atoms with Crippen molar-refractivity contribution >= 4 is 12.1 Å². The lowest BCUT2D eigenvalue weighted by Crippen LogP contribution is -2.45. The molecule has 0 aromatic heterocycles. The van der Waals surface area contributed by atoms with Crippen molar-refractivity contribution in [3.8, 4) is 0 Å². The lowest BCUT2D eigenvalue weighted by Gasteiger charge is -2.25. The third-order valence-corrected chi connectivity index (χ3v) is 3.11. The number of alkyl carbamates (subject to hydrolysis) is 1. The van der Waals surface area contributed by atoms with E-state index in [1.165, 1.54) is 5.56 Å². The third-order valence-electron chi connectivity index (χ3n) is 3.11. The van der Waals surface area contributed by atoms with E-state index >= 15 is 0 Å². The number of benzene rings is 1. The third kappa shape index (κ3) is 4.66. The summed E-state index contributed by atoms with van der Waals surface area (Å²) in [6.07, 6.45) is 0.311. The lowest BCUT2D eigenvalue weighted by atomic mass is 9.95. The molecule has 0 saturated carbocycles. The predicted molar refractivity (Wildman–Crippen MR) is 73.2 cm³/mol. The number of carbonyl (C=O) groups excluding carboxylic acids is 2. The van der Waals surface area contributed by atoms with Crippen molar-refractivity contribution in [3.05, 3.63) is 35.9 Å². The van der Waals surface area contributed by atoms with E-state index in [4.69, 9.17) is 4.74 Å². The smallest absolute Gasteiger partial charge is 0.374 e. The van der Waals surface area contributed by atoms with Gasteiger partial charge in [-0.25, -0.2) is 9.59 Å². The summed E-state index contributed by atoms with van der Waals surface area (Å²) < 4.78 is 9.40. The number of ether oxygens (including phenoxy) is 2. The average Bonchev–Trinajstić information content (AvgIpc) is 3.21. The number of aryl methyl sites for hydroxylation is 1. The van der Waals surface area contributed by atoms with Gasteiger partial charge < -0.3 is 14.8 Å². The Morgan fingerprint density at radius 3 is 2.60 bits per heavy atom. The molecule has 20 heavy (non-hydrogen) atoms. The molecule has 1 aromatic rings. The van der Waals surface area contributed by atoms with Crippen molar-refractivity contribution in [1.82, 2.24) is 5.32 Å². The fourth-order valence-corrected chi connectivity index (χ4v) is 1.81. The predicted octanol–water partition coefficient (Wildman–Crippen LogP) is 2.05. The Morgan fingerprint density at radius 1 is 1.35 bits per heavy atom. The molecule has 108 valence electrons. The first-order valence-electron chi connectivity index (χ1n) is 6.66. The van der Waals surface area contributed by atoms with Gasteiger partial charge in [0.1, 0.15) is 0 Å². The summed E-state index contributed by atoms with van der Waals surface area (Å²) in [4.78, 5) is 22.9. The molecule has 5 nitrogen and oxygen atoms in total. The SMILES string of the molecule is CC(C)(CCc1ccccc1)NC(=O)OC(=O)C1CO1. The van der Waals surface area contributed by atoms with Crippen LogP contribution in [-0.4, -0.2) is 30.3 Å². The van der Waals surface area contributed by atoms with Gasteiger partial charge in [0.2, 0.25) is 0 Å². The first-order valence-corrected chi connectivity index (χ1v) is 6.66. The van der Waals surface area contributed by atoms with E-state index in [1.807, 2.05) is 44.2 Å². The molecule has 1 aromatic carbocycles. The maximum atomic E-state index is 11.6. The summed E-state index contributed by atoms with van der Waals surface area (Å²) in [5, 5.41) is 2.70. The Hall–Kier alpha value is -1.88. The van der Waals surface area contributed by atoms with Crippen LogP contribution in [0.3, 0.4) is 0 Å². The van der Waals surface area contributed by atoms with Crippen molar-refractivity contribution in [2.75, 3.05) is 6.61 Å². The van der Waals surface area contributed by atoms with Crippen LogP contribution in [0.5, 0.6) is 0 Å². The normalized spacial score (nSPS) is 17.4. The molecule has 1 unspecified atom stereocenters. The van der Waals surface area contributed by atoms with Gasteiger partial charge in [0, 0.05) is 5.54 Å². The number of carbonyl (C=O) groups is 2. The van der Waals surface area contributed by atoms with Crippen LogP contribution < -0.4 is 5.32 Å². The minimum atomic E-state index is -0.719. The van der Waals surface area contributed by atoms with Gasteiger partial charge in [0.25, 0.3) is 0 Å². The Kier molecular flexibility index (Phi) is 4.39. The molecule has 1 heterocycles. The number of hydrogen-bond acceptors (Lipinski definition) is 4. The highest BCUT2D eigenvalue weighted by molar-refractivity contribution is 5.88. The van der Waals surface area contributed by atoms with Gasteiger partial charge in [0.05, 0.1) is 6.61 Å². The molecule has 0 spiro atoms. The van der Waals surface area contributed by atoms with E-state index in [0.717, 1.165) is 12.8 Å². The van der Waals surface area contributed by atoms with Crippen LogP contribution in [0, 0.1) is 0 Å². The van der Waals surface area contributed by atoms with E-state index in [2.05, 4.69) is 10.1 Å². The average molecular weight is 277 g/mol. The molecule has 1 atom stereocenters. The Morgan fingerprint density at radius 2 is 2.00 bits per heavy atom. The molecule has 1 N–H and O–H groups in total. The number of nitrogens with one attached hydrogen (secondary N) is 1. The van der Waals surface area contributed by atoms with E-state index in [9.17, 15) is 9.59 Å². The summed E-state index contributed by atoms with van der Waals surface area (Å²) in [7, 11) is 0. The molecule has 1 aliphatic rings. The van der Waals surface area contributed by atoms with E-state index in [-0.39, 0.29) is 0 Å². The molecule has 5 heteroatoms. The molecular formula is C15H19NO4. The molecule has 0 radical (unpaired) electrons. The highest BCUT2D eigenvalue weighted by atomic mass is 16.6. The van der Waals surface area contributed by atoms with E-state index in [0.29, 0.717) is 6.61 Å². The van der Waals surface area contributed by atoms with Crippen LogP contribution in [0.2, 0.25) is 0 Å². The van der Waals surface area contributed by atoms with Gasteiger partial charge in [-0.1, -0.05) is 30.3 Å².